The van der Waals surface area contributed by atoms with E-state index in [0.29, 0.717) is 6.01 Å². The molecule has 5 heteroatoms. The smallest absolute Gasteiger partial charge is 0.340 e. The Balaban J connectivity index is 1.79. The summed E-state index contributed by atoms with van der Waals surface area (Å²) < 4.78 is 7.56. The summed E-state index contributed by atoms with van der Waals surface area (Å²) in [6.45, 7) is 0. The van der Waals surface area contributed by atoms with Gasteiger partial charge < -0.3 is 4.74 Å². The van der Waals surface area contributed by atoms with E-state index < -0.39 is 0 Å². The van der Waals surface area contributed by atoms with Crippen molar-refractivity contribution in [2.75, 3.05) is 0 Å². The highest BCUT2D eigenvalue weighted by Gasteiger charge is 2.18. The minimum absolute atomic E-state index is 0.257. The molecule has 1 heterocycles. The lowest BCUT2D eigenvalue weighted by atomic mass is 9.98. The van der Waals surface area contributed by atoms with E-state index in [1.807, 2.05) is 30.3 Å². The number of tetrazole rings is 1. The van der Waals surface area contributed by atoms with E-state index in [2.05, 4.69) is 15.5 Å². The molecule has 0 aliphatic heterocycles. The Bertz CT molecular complexity index is 491. The lowest BCUT2D eigenvalue weighted by molar-refractivity contribution is 0.138. The first-order chi connectivity index (χ1) is 8.93. The molecule has 0 N–H and O–H groups in total. The zero-order chi connectivity index (χ0) is 12.2. The van der Waals surface area contributed by atoms with E-state index in [9.17, 15) is 0 Å². The number of ether oxygens (including phenoxy) is 1. The van der Waals surface area contributed by atoms with Crippen molar-refractivity contribution >= 4 is 0 Å². The molecule has 2 aromatic rings. The van der Waals surface area contributed by atoms with Gasteiger partial charge in [-0.3, -0.25) is 0 Å². The first-order valence-corrected chi connectivity index (χ1v) is 6.44. The summed E-state index contributed by atoms with van der Waals surface area (Å²) in [6, 6.07) is 10.3. The molecule has 5 nitrogen and oxygen atoms in total. The van der Waals surface area contributed by atoms with Crippen molar-refractivity contribution in [1.82, 2.24) is 20.2 Å². The Morgan fingerprint density at radius 2 is 1.83 bits per heavy atom. The lowest BCUT2D eigenvalue weighted by Gasteiger charge is -2.21. The maximum absolute atomic E-state index is 5.91. The molecule has 0 saturated heterocycles. The maximum Gasteiger partial charge on any atom is 0.340 e. The highest BCUT2D eigenvalue weighted by molar-refractivity contribution is 5.31. The molecule has 18 heavy (non-hydrogen) atoms. The monoisotopic (exact) mass is 244 g/mol. The second kappa shape index (κ2) is 5.16. The van der Waals surface area contributed by atoms with Crippen LogP contribution in [0.1, 0.15) is 32.1 Å². The van der Waals surface area contributed by atoms with Crippen molar-refractivity contribution in [3.63, 3.8) is 0 Å². The van der Waals surface area contributed by atoms with Crippen LogP contribution in [0.15, 0.2) is 30.3 Å². The molecule has 1 aliphatic rings. The molecule has 0 atom stereocenters. The fourth-order valence-electron chi connectivity index (χ4n) is 2.32. The van der Waals surface area contributed by atoms with E-state index >= 15 is 0 Å². The third kappa shape index (κ3) is 2.34. The third-order valence-corrected chi connectivity index (χ3v) is 3.27. The second-order valence-electron chi connectivity index (χ2n) is 4.59. The predicted octanol–water partition coefficient (Wildman–Crippen LogP) is 2.37. The summed E-state index contributed by atoms with van der Waals surface area (Å²) in [5.74, 6) is 0. The van der Waals surface area contributed by atoms with Crippen LogP contribution in [0.5, 0.6) is 6.01 Å². The summed E-state index contributed by atoms with van der Waals surface area (Å²) in [4.78, 5) is 0. The molecule has 3 rings (SSSR count). The van der Waals surface area contributed by atoms with Crippen LogP contribution in [-0.4, -0.2) is 26.3 Å². The zero-order valence-electron chi connectivity index (χ0n) is 10.2. The number of nitrogens with zero attached hydrogens (tertiary/aromatic N) is 4. The minimum atomic E-state index is 0.257. The van der Waals surface area contributed by atoms with Gasteiger partial charge in [0.05, 0.1) is 5.69 Å². The maximum atomic E-state index is 5.91. The molecule has 0 spiro atoms. The Labute approximate surface area is 106 Å². The number of hydrogen-bond acceptors (Lipinski definition) is 4. The SMILES string of the molecule is c1ccc(-n2nnnc2OC2CCCCC2)cc1. The van der Waals surface area contributed by atoms with Crippen molar-refractivity contribution in [2.24, 2.45) is 0 Å². The molecular formula is C13H16N4O. The minimum Gasteiger partial charge on any atom is -0.459 e. The number of para-hydroxylation sites is 1. The van der Waals surface area contributed by atoms with Crippen molar-refractivity contribution < 1.29 is 4.74 Å². The van der Waals surface area contributed by atoms with Gasteiger partial charge in [-0.2, -0.15) is 4.68 Å². The van der Waals surface area contributed by atoms with Crippen molar-refractivity contribution in [2.45, 2.75) is 38.2 Å². The quantitative estimate of drug-likeness (QED) is 0.831. The van der Waals surface area contributed by atoms with Crippen LogP contribution in [0.4, 0.5) is 0 Å². The average molecular weight is 244 g/mol. The van der Waals surface area contributed by atoms with Crippen LogP contribution < -0.4 is 4.74 Å². The normalized spacial score (nSPS) is 16.7. The average Bonchev–Trinajstić information content (AvgIpc) is 2.89. The van der Waals surface area contributed by atoms with E-state index in [1.54, 1.807) is 4.68 Å². The van der Waals surface area contributed by atoms with Gasteiger partial charge >= 0.3 is 6.01 Å². The Kier molecular flexibility index (Phi) is 3.21. The Hall–Kier alpha value is -1.91. The van der Waals surface area contributed by atoms with Gasteiger partial charge in [0.1, 0.15) is 6.10 Å². The zero-order valence-corrected chi connectivity index (χ0v) is 10.2. The fourth-order valence-corrected chi connectivity index (χ4v) is 2.32. The van der Waals surface area contributed by atoms with Gasteiger partial charge in [0.15, 0.2) is 0 Å². The van der Waals surface area contributed by atoms with E-state index in [4.69, 9.17) is 4.74 Å². The highest BCUT2D eigenvalue weighted by Crippen LogP contribution is 2.22. The number of benzene rings is 1. The number of rotatable bonds is 3. The van der Waals surface area contributed by atoms with Gasteiger partial charge in [0.2, 0.25) is 0 Å². The van der Waals surface area contributed by atoms with E-state index in [1.165, 1.54) is 19.3 Å². The molecule has 1 aromatic carbocycles. The second-order valence-corrected chi connectivity index (χ2v) is 4.59. The van der Waals surface area contributed by atoms with Crippen LogP contribution in [0.3, 0.4) is 0 Å². The van der Waals surface area contributed by atoms with Gasteiger partial charge in [-0.25, -0.2) is 0 Å². The first-order valence-electron chi connectivity index (χ1n) is 6.44. The van der Waals surface area contributed by atoms with Crippen molar-refractivity contribution in [1.29, 1.82) is 0 Å². The molecule has 1 aromatic heterocycles. The molecule has 0 bridgehead atoms. The van der Waals surface area contributed by atoms with Gasteiger partial charge in [0, 0.05) is 0 Å². The predicted molar refractivity (Wildman–Crippen MR) is 66.7 cm³/mol. The topological polar surface area (TPSA) is 52.8 Å². The molecule has 0 unspecified atom stereocenters. The summed E-state index contributed by atoms with van der Waals surface area (Å²) in [5.41, 5.74) is 0.924. The lowest BCUT2D eigenvalue weighted by Crippen LogP contribution is -2.21. The molecule has 0 amide bonds. The molecule has 94 valence electrons. The van der Waals surface area contributed by atoms with Crippen LogP contribution in [0.2, 0.25) is 0 Å². The Morgan fingerprint density at radius 1 is 1.06 bits per heavy atom. The number of aromatic nitrogens is 4. The van der Waals surface area contributed by atoms with Crippen molar-refractivity contribution in [3.05, 3.63) is 30.3 Å². The summed E-state index contributed by atoms with van der Waals surface area (Å²) in [7, 11) is 0. The molecule has 1 saturated carbocycles. The van der Waals surface area contributed by atoms with E-state index in [0.717, 1.165) is 18.5 Å². The van der Waals surface area contributed by atoms with Crippen LogP contribution in [0, 0.1) is 0 Å². The standard InChI is InChI=1S/C13H16N4O/c1-3-7-11(8-4-1)17-13(14-15-16-17)18-12-9-5-2-6-10-12/h1,3-4,7-8,12H,2,5-6,9-10H2. The molecule has 1 aliphatic carbocycles. The van der Waals surface area contributed by atoms with Gasteiger partial charge in [-0.05, 0) is 48.2 Å². The van der Waals surface area contributed by atoms with Crippen molar-refractivity contribution in [3.8, 4) is 11.7 Å². The first kappa shape index (κ1) is 11.2. The van der Waals surface area contributed by atoms with Gasteiger partial charge in [-0.1, -0.05) is 29.7 Å². The fraction of sp³-hybridized carbons (Fsp3) is 0.462. The van der Waals surface area contributed by atoms with E-state index in [-0.39, 0.29) is 6.10 Å². The molecule has 1 fully saturated rings. The largest absolute Gasteiger partial charge is 0.459 e. The van der Waals surface area contributed by atoms with Crippen LogP contribution >= 0.6 is 0 Å². The van der Waals surface area contributed by atoms with Gasteiger partial charge in [-0.15, -0.1) is 0 Å². The summed E-state index contributed by atoms with van der Waals surface area (Å²) >= 11 is 0. The van der Waals surface area contributed by atoms with Crippen LogP contribution in [0.25, 0.3) is 5.69 Å². The summed E-state index contributed by atoms with van der Waals surface area (Å²) in [5, 5.41) is 11.7. The molecular weight excluding hydrogens is 228 g/mol. The van der Waals surface area contributed by atoms with Crippen LogP contribution in [-0.2, 0) is 0 Å². The summed E-state index contributed by atoms with van der Waals surface area (Å²) in [6.07, 6.45) is 6.23. The Morgan fingerprint density at radius 3 is 2.61 bits per heavy atom. The van der Waals surface area contributed by atoms with Gasteiger partial charge in [0.25, 0.3) is 0 Å². The highest BCUT2D eigenvalue weighted by atomic mass is 16.5. The molecule has 0 radical (unpaired) electrons. The third-order valence-electron chi connectivity index (χ3n) is 3.27. The number of hydrogen-bond donors (Lipinski definition) is 0.